The number of nitrogens with zero attached hydrogens (tertiary/aromatic N) is 1. The first-order valence-corrected chi connectivity index (χ1v) is 4.33. The Morgan fingerprint density at radius 2 is 2.18 bits per heavy atom. The molecule has 3 nitrogen and oxygen atoms in total. The molecule has 2 rings (SSSR count). The van der Waals surface area contributed by atoms with E-state index in [1.54, 1.807) is 0 Å². The highest BCUT2D eigenvalue weighted by molar-refractivity contribution is 5.05. The van der Waals surface area contributed by atoms with Gasteiger partial charge in [0.15, 0.2) is 0 Å². The maximum absolute atomic E-state index is 5.12. The summed E-state index contributed by atoms with van der Waals surface area (Å²) >= 11 is 0. The van der Waals surface area contributed by atoms with Gasteiger partial charge in [-0.05, 0) is 32.7 Å². The molecule has 2 saturated heterocycles. The standard InChI is InChI=1S/C8H16N2O/c1-10-7-2-4-8(10,5-3-7)6-11-9/h7H,2-6,9H2,1H3. The zero-order valence-corrected chi connectivity index (χ0v) is 7.05. The average molecular weight is 156 g/mol. The topological polar surface area (TPSA) is 38.5 Å². The summed E-state index contributed by atoms with van der Waals surface area (Å²) in [5, 5.41) is 0. The summed E-state index contributed by atoms with van der Waals surface area (Å²) in [5.41, 5.74) is 0.305. The zero-order chi connectivity index (χ0) is 7.90. The summed E-state index contributed by atoms with van der Waals surface area (Å²) in [6, 6.07) is 0.810. The molecule has 2 heterocycles. The third-order valence-electron chi connectivity index (χ3n) is 3.53. The van der Waals surface area contributed by atoms with E-state index in [1.165, 1.54) is 25.7 Å². The zero-order valence-electron chi connectivity index (χ0n) is 7.05. The van der Waals surface area contributed by atoms with Crippen molar-refractivity contribution >= 4 is 0 Å². The lowest BCUT2D eigenvalue weighted by atomic mass is 9.89. The van der Waals surface area contributed by atoms with Gasteiger partial charge in [0.25, 0.3) is 0 Å². The molecule has 0 unspecified atom stereocenters. The first-order valence-electron chi connectivity index (χ1n) is 4.33. The molecule has 3 heteroatoms. The van der Waals surface area contributed by atoms with Crippen LogP contribution in [0.1, 0.15) is 25.7 Å². The van der Waals surface area contributed by atoms with Crippen molar-refractivity contribution in [2.75, 3.05) is 13.7 Å². The van der Waals surface area contributed by atoms with Crippen molar-refractivity contribution in [2.24, 2.45) is 5.90 Å². The summed E-state index contributed by atoms with van der Waals surface area (Å²) in [6.45, 7) is 0.708. The van der Waals surface area contributed by atoms with E-state index in [1.807, 2.05) is 0 Å². The third-order valence-corrected chi connectivity index (χ3v) is 3.53. The van der Waals surface area contributed by atoms with Crippen LogP contribution in [0.3, 0.4) is 0 Å². The molecule has 64 valence electrons. The Balaban J connectivity index is 2.11. The van der Waals surface area contributed by atoms with Gasteiger partial charge in [0.05, 0.1) is 6.61 Å². The van der Waals surface area contributed by atoms with Crippen LogP contribution in [-0.2, 0) is 4.84 Å². The minimum absolute atomic E-state index is 0.305. The van der Waals surface area contributed by atoms with Gasteiger partial charge in [0.1, 0.15) is 0 Å². The van der Waals surface area contributed by atoms with Crippen molar-refractivity contribution in [3.8, 4) is 0 Å². The molecule has 2 bridgehead atoms. The molecule has 11 heavy (non-hydrogen) atoms. The minimum Gasteiger partial charge on any atom is -0.303 e. The Labute approximate surface area is 67.4 Å². The van der Waals surface area contributed by atoms with Crippen LogP contribution in [0.25, 0.3) is 0 Å². The number of fused-ring (bicyclic) bond motifs is 2. The molecule has 2 aliphatic heterocycles. The van der Waals surface area contributed by atoms with Crippen molar-refractivity contribution in [1.29, 1.82) is 0 Å². The van der Waals surface area contributed by atoms with Crippen LogP contribution >= 0.6 is 0 Å². The molecule has 0 amide bonds. The van der Waals surface area contributed by atoms with Crippen molar-refractivity contribution in [2.45, 2.75) is 37.3 Å². The second-order valence-corrected chi connectivity index (χ2v) is 3.88. The van der Waals surface area contributed by atoms with Gasteiger partial charge in [-0.15, -0.1) is 0 Å². The predicted molar refractivity (Wildman–Crippen MR) is 42.9 cm³/mol. The summed E-state index contributed by atoms with van der Waals surface area (Å²) < 4.78 is 0. The van der Waals surface area contributed by atoms with Crippen molar-refractivity contribution < 1.29 is 4.84 Å². The van der Waals surface area contributed by atoms with Crippen molar-refractivity contribution in [1.82, 2.24) is 4.90 Å². The molecule has 0 radical (unpaired) electrons. The lowest BCUT2D eigenvalue weighted by molar-refractivity contribution is 0.0346. The highest BCUT2D eigenvalue weighted by atomic mass is 16.6. The Morgan fingerprint density at radius 1 is 1.55 bits per heavy atom. The van der Waals surface area contributed by atoms with Gasteiger partial charge < -0.3 is 4.84 Å². The van der Waals surface area contributed by atoms with Gasteiger partial charge in [-0.25, -0.2) is 5.90 Å². The average Bonchev–Trinajstić information content (AvgIpc) is 2.46. The Bertz CT molecular complexity index is 152. The second-order valence-electron chi connectivity index (χ2n) is 3.88. The first kappa shape index (κ1) is 7.53. The lowest BCUT2D eigenvalue weighted by Gasteiger charge is -2.30. The van der Waals surface area contributed by atoms with Crippen LogP contribution in [0.4, 0.5) is 0 Å². The fourth-order valence-electron chi connectivity index (χ4n) is 2.67. The molecular weight excluding hydrogens is 140 g/mol. The molecular formula is C8H16N2O. The maximum atomic E-state index is 5.12. The van der Waals surface area contributed by atoms with Crippen LogP contribution in [0.5, 0.6) is 0 Å². The minimum atomic E-state index is 0.305. The van der Waals surface area contributed by atoms with Crippen LogP contribution in [0, 0.1) is 0 Å². The molecule has 0 atom stereocenters. The lowest BCUT2D eigenvalue weighted by Crippen LogP contribution is -2.43. The predicted octanol–water partition coefficient (Wildman–Crippen LogP) is 0.503. The van der Waals surface area contributed by atoms with Crippen molar-refractivity contribution in [3.63, 3.8) is 0 Å². The molecule has 2 aliphatic rings. The van der Waals surface area contributed by atoms with E-state index in [2.05, 4.69) is 11.9 Å². The maximum Gasteiger partial charge on any atom is 0.0863 e. The van der Waals surface area contributed by atoms with Crippen LogP contribution in [-0.4, -0.2) is 30.1 Å². The number of likely N-dealkylation sites (N-methyl/N-ethyl adjacent to an activating group) is 1. The third kappa shape index (κ3) is 0.916. The fraction of sp³-hybridized carbons (Fsp3) is 1.00. The molecule has 0 spiro atoms. The van der Waals surface area contributed by atoms with Crippen molar-refractivity contribution in [3.05, 3.63) is 0 Å². The van der Waals surface area contributed by atoms with Gasteiger partial charge in [0.2, 0.25) is 0 Å². The quantitative estimate of drug-likeness (QED) is 0.592. The SMILES string of the molecule is CN1C2CCC1(CON)CC2. The van der Waals surface area contributed by atoms with Gasteiger partial charge in [-0.1, -0.05) is 0 Å². The van der Waals surface area contributed by atoms with Gasteiger partial charge in [0, 0.05) is 11.6 Å². The number of hydrogen-bond donors (Lipinski definition) is 1. The summed E-state index contributed by atoms with van der Waals surface area (Å²) in [7, 11) is 2.20. The normalized spacial score (nSPS) is 43.6. The van der Waals surface area contributed by atoms with Crippen LogP contribution in [0.15, 0.2) is 0 Å². The number of hydrogen-bond acceptors (Lipinski definition) is 3. The Morgan fingerprint density at radius 3 is 2.55 bits per heavy atom. The smallest absolute Gasteiger partial charge is 0.0863 e. The Kier molecular flexibility index (Phi) is 1.67. The largest absolute Gasteiger partial charge is 0.303 e. The first-order chi connectivity index (χ1) is 5.28. The van der Waals surface area contributed by atoms with E-state index in [0.717, 1.165) is 6.04 Å². The fourth-order valence-corrected chi connectivity index (χ4v) is 2.67. The Hall–Kier alpha value is -0.120. The molecule has 0 saturated carbocycles. The number of rotatable bonds is 2. The van der Waals surface area contributed by atoms with Gasteiger partial charge >= 0.3 is 0 Å². The molecule has 2 fully saturated rings. The van der Waals surface area contributed by atoms with E-state index in [9.17, 15) is 0 Å². The molecule has 0 aromatic heterocycles. The van der Waals surface area contributed by atoms with E-state index in [4.69, 9.17) is 10.7 Å². The van der Waals surface area contributed by atoms with E-state index >= 15 is 0 Å². The summed E-state index contributed by atoms with van der Waals surface area (Å²) in [5.74, 6) is 5.12. The van der Waals surface area contributed by atoms with Gasteiger partial charge in [-0.3, -0.25) is 4.90 Å². The molecule has 0 aromatic carbocycles. The van der Waals surface area contributed by atoms with E-state index in [-0.39, 0.29) is 0 Å². The monoisotopic (exact) mass is 156 g/mol. The van der Waals surface area contributed by atoms with Crippen LogP contribution < -0.4 is 5.90 Å². The van der Waals surface area contributed by atoms with Crippen LogP contribution in [0.2, 0.25) is 0 Å². The number of nitrogens with two attached hydrogens (primary N) is 1. The van der Waals surface area contributed by atoms with E-state index < -0.39 is 0 Å². The molecule has 2 N–H and O–H groups in total. The van der Waals surface area contributed by atoms with Gasteiger partial charge in [-0.2, -0.15) is 0 Å². The highest BCUT2D eigenvalue weighted by Gasteiger charge is 2.49. The highest BCUT2D eigenvalue weighted by Crippen LogP contribution is 2.44. The second kappa shape index (κ2) is 2.44. The summed E-state index contributed by atoms with van der Waals surface area (Å²) in [4.78, 5) is 7.23. The molecule has 0 aliphatic carbocycles. The molecule has 0 aromatic rings. The van der Waals surface area contributed by atoms with E-state index in [0.29, 0.717) is 12.1 Å². The summed E-state index contributed by atoms with van der Waals surface area (Å²) in [6.07, 6.45) is 5.20.